The highest BCUT2D eigenvalue weighted by molar-refractivity contribution is 6.32. The molecule has 1 aliphatic carbocycles. The van der Waals surface area contributed by atoms with Gasteiger partial charge in [0.2, 0.25) is 5.88 Å². The van der Waals surface area contributed by atoms with Crippen molar-refractivity contribution in [2.45, 2.75) is 25.7 Å². The van der Waals surface area contributed by atoms with Gasteiger partial charge in [-0.3, -0.25) is 9.79 Å². The molecule has 1 heterocycles. The van der Waals surface area contributed by atoms with Gasteiger partial charge >= 0.3 is 0 Å². The molecule has 0 saturated heterocycles. The van der Waals surface area contributed by atoms with Crippen molar-refractivity contribution in [2.24, 2.45) is 4.99 Å². The molecule has 154 valence electrons. The van der Waals surface area contributed by atoms with Gasteiger partial charge in [-0.25, -0.2) is 4.57 Å². The molecule has 3 aromatic carbocycles. The van der Waals surface area contributed by atoms with E-state index in [4.69, 9.17) is 16.6 Å². The first-order chi connectivity index (χ1) is 15.1. The van der Waals surface area contributed by atoms with Gasteiger partial charge in [0.15, 0.2) is 0 Å². The standard InChI is InChI=1S/C26H21ClN2O2/c27-22-13-5-6-15-24(22)29-25(30)20-12-4-3-11-19(20)21(26(29)31)16-28-23-14-7-9-17-8-1-2-10-18(17)23/h3-7,9,11-16,31H,1-2,8,10H2. The minimum absolute atomic E-state index is 0.176. The van der Waals surface area contributed by atoms with Gasteiger partial charge in [0, 0.05) is 17.0 Å². The predicted molar refractivity (Wildman–Crippen MR) is 127 cm³/mol. The van der Waals surface area contributed by atoms with Crippen LogP contribution in [-0.2, 0) is 12.8 Å². The third kappa shape index (κ3) is 3.43. The Bertz CT molecular complexity index is 1390. The van der Waals surface area contributed by atoms with Gasteiger partial charge in [0.25, 0.3) is 5.56 Å². The third-order valence-electron chi connectivity index (χ3n) is 5.90. The largest absolute Gasteiger partial charge is 0.494 e. The highest BCUT2D eigenvalue weighted by Gasteiger charge is 2.18. The van der Waals surface area contributed by atoms with Gasteiger partial charge in [0.1, 0.15) is 0 Å². The molecule has 0 saturated carbocycles. The predicted octanol–water partition coefficient (Wildman–Crippen LogP) is 5.98. The molecule has 0 aliphatic heterocycles. The molecular formula is C26H21ClN2O2. The van der Waals surface area contributed by atoms with Crippen molar-refractivity contribution in [1.82, 2.24) is 4.57 Å². The van der Waals surface area contributed by atoms with Crippen molar-refractivity contribution in [3.8, 4) is 11.6 Å². The number of aromatic nitrogens is 1. The van der Waals surface area contributed by atoms with Crippen LogP contribution in [-0.4, -0.2) is 15.9 Å². The molecule has 0 bridgehead atoms. The number of para-hydroxylation sites is 1. The van der Waals surface area contributed by atoms with Crippen LogP contribution in [0.3, 0.4) is 0 Å². The Morgan fingerprint density at radius 3 is 2.48 bits per heavy atom. The molecule has 0 unspecified atom stereocenters. The highest BCUT2D eigenvalue weighted by Crippen LogP contribution is 2.32. The van der Waals surface area contributed by atoms with E-state index in [1.54, 1.807) is 36.5 Å². The van der Waals surface area contributed by atoms with Crippen LogP contribution in [0.25, 0.3) is 16.5 Å². The fraction of sp³-hybridized carbons (Fsp3) is 0.154. The molecule has 1 N–H and O–H groups in total. The molecule has 31 heavy (non-hydrogen) atoms. The third-order valence-corrected chi connectivity index (χ3v) is 6.22. The van der Waals surface area contributed by atoms with Crippen molar-refractivity contribution in [3.05, 3.63) is 98.8 Å². The SMILES string of the molecule is O=c1c2ccccc2c(C=Nc2cccc3c2CCCC3)c(O)n1-c1ccccc1Cl. The lowest BCUT2D eigenvalue weighted by molar-refractivity contribution is 0.436. The van der Waals surface area contributed by atoms with Crippen molar-refractivity contribution in [1.29, 1.82) is 0 Å². The monoisotopic (exact) mass is 428 g/mol. The van der Waals surface area contributed by atoms with Crippen molar-refractivity contribution in [3.63, 3.8) is 0 Å². The second-order valence-electron chi connectivity index (χ2n) is 7.75. The second kappa shape index (κ2) is 8.05. The first-order valence-corrected chi connectivity index (χ1v) is 10.8. The minimum Gasteiger partial charge on any atom is -0.494 e. The molecule has 0 radical (unpaired) electrons. The van der Waals surface area contributed by atoms with E-state index in [0.29, 0.717) is 27.0 Å². The number of hydrogen-bond acceptors (Lipinski definition) is 3. The molecule has 0 spiro atoms. The first kappa shape index (κ1) is 19.6. The van der Waals surface area contributed by atoms with Crippen molar-refractivity contribution < 1.29 is 5.11 Å². The zero-order valence-electron chi connectivity index (χ0n) is 16.9. The topological polar surface area (TPSA) is 54.6 Å². The summed E-state index contributed by atoms with van der Waals surface area (Å²) in [7, 11) is 0. The van der Waals surface area contributed by atoms with Crippen molar-refractivity contribution >= 4 is 34.3 Å². The molecular weight excluding hydrogens is 408 g/mol. The second-order valence-corrected chi connectivity index (χ2v) is 8.16. The van der Waals surface area contributed by atoms with Crippen LogP contribution in [0, 0.1) is 0 Å². The Hall–Kier alpha value is -3.37. The Balaban J connectivity index is 1.74. The van der Waals surface area contributed by atoms with E-state index < -0.39 is 0 Å². The van der Waals surface area contributed by atoms with Crippen LogP contribution in [0.4, 0.5) is 5.69 Å². The molecule has 4 nitrogen and oxygen atoms in total. The van der Waals surface area contributed by atoms with Crippen LogP contribution >= 0.6 is 11.6 Å². The number of rotatable bonds is 3. The number of aryl methyl sites for hydroxylation is 1. The summed E-state index contributed by atoms with van der Waals surface area (Å²) >= 11 is 6.35. The average Bonchev–Trinajstić information content (AvgIpc) is 2.80. The molecule has 5 heteroatoms. The van der Waals surface area contributed by atoms with Crippen LogP contribution in [0.15, 0.2) is 76.5 Å². The summed E-state index contributed by atoms with van der Waals surface area (Å²) in [6.45, 7) is 0. The summed E-state index contributed by atoms with van der Waals surface area (Å²) in [6, 6.07) is 20.4. The number of fused-ring (bicyclic) bond motifs is 2. The zero-order valence-corrected chi connectivity index (χ0v) is 17.6. The van der Waals surface area contributed by atoms with Gasteiger partial charge in [0.05, 0.1) is 22.0 Å². The van der Waals surface area contributed by atoms with Crippen LogP contribution < -0.4 is 5.56 Å². The number of aromatic hydroxyl groups is 1. The van der Waals surface area contributed by atoms with E-state index in [1.807, 2.05) is 30.3 Å². The molecule has 0 atom stereocenters. The lowest BCUT2D eigenvalue weighted by atomic mass is 9.90. The fourth-order valence-electron chi connectivity index (χ4n) is 4.36. The summed E-state index contributed by atoms with van der Waals surface area (Å²) < 4.78 is 1.26. The van der Waals surface area contributed by atoms with E-state index in [2.05, 4.69) is 6.07 Å². The molecule has 0 fully saturated rings. The Labute approximate surface area is 185 Å². The zero-order chi connectivity index (χ0) is 21.4. The van der Waals surface area contributed by atoms with Crippen LogP contribution in [0.5, 0.6) is 5.88 Å². The fourth-order valence-corrected chi connectivity index (χ4v) is 4.58. The van der Waals surface area contributed by atoms with E-state index in [1.165, 1.54) is 22.1 Å². The molecule has 5 rings (SSSR count). The number of hydrogen-bond donors (Lipinski definition) is 1. The normalized spacial score (nSPS) is 13.6. The van der Waals surface area contributed by atoms with Gasteiger partial charge in [-0.05, 0) is 61.1 Å². The van der Waals surface area contributed by atoms with Gasteiger partial charge in [-0.1, -0.05) is 54.1 Å². The summed E-state index contributed by atoms with van der Waals surface area (Å²) in [6.07, 6.45) is 6.10. The lowest BCUT2D eigenvalue weighted by Gasteiger charge is -2.17. The molecule has 1 aromatic heterocycles. The Morgan fingerprint density at radius 2 is 1.65 bits per heavy atom. The number of halogens is 1. The minimum atomic E-state index is -0.324. The number of benzene rings is 3. The first-order valence-electron chi connectivity index (χ1n) is 10.4. The average molecular weight is 429 g/mol. The molecule has 0 amide bonds. The maximum Gasteiger partial charge on any atom is 0.265 e. The van der Waals surface area contributed by atoms with Gasteiger partial charge < -0.3 is 5.11 Å². The van der Waals surface area contributed by atoms with Gasteiger partial charge in [-0.2, -0.15) is 0 Å². The van der Waals surface area contributed by atoms with E-state index >= 15 is 0 Å². The summed E-state index contributed by atoms with van der Waals surface area (Å²) in [4.78, 5) is 18.0. The Morgan fingerprint density at radius 1 is 0.903 bits per heavy atom. The Kier molecular flexibility index (Phi) is 5.08. The number of nitrogens with zero attached hydrogens (tertiary/aromatic N) is 2. The summed E-state index contributed by atoms with van der Waals surface area (Å²) in [5, 5.41) is 12.7. The van der Waals surface area contributed by atoms with Crippen LogP contribution in [0.1, 0.15) is 29.5 Å². The number of aliphatic imine (C=N–C) groups is 1. The maximum atomic E-state index is 13.2. The van der Waals surface area contributed by atoms with Crippen molar-refractivity contribution in [2.75, 3.05) is 0 Å². The molecule has 1 aliphatic rings. The maximum absolute atomic E-state index is 13.2. The van der Waals surface area contributed by atoms with E-state index in [-0.39, 0.29) is 11.4 Å². The summed E-state index contributed by atoms with van der Waals surface area (Å²) in [5.41, 5.74) is 4.13. The van der Waals surface area contributed by atoms with E-state index in [9.17, 15) is 9.90 Å². The van der Waals surface area contributed by atoms with Crippen LogP contribution in [0.2, 0.25) is 5.02 Å². The smallest absolute Gasteiger partial charge is 0.265 e. The lowest BCUT2D eigenvalue weighted by Crippen LogP contribution is -2.20. The quantitative estimate of drug-likeness (QED) is 0.408. The van der Waals surface area contributed by atoms with E-state index in [0.717, 1.165) is 24.9 Å². The number of pyridine rings is 1. The van der Waals surface area contributed by atoms with Gasteiger partial charge in [-0.15, -0.1) is 0 Å². The highest BCUT2D eigenvalue weighted by atomic mass is 35.5. The summed E-state index contributed by atoms with van der Waals surface area (Å²) in [5.74, 6) is -0.176. The molecule has 4 aromatic rings.